The summed E-state index contributed by atoms with van der Waals surface area (Å²) in [5, 5.41) is 4.29. The van der Waals surface area contributed by atoms with Crippen molar-refractivity contribution in [1.29, 1.82) is 0 Å². The highest BCUT2D eigenvalue weighted by molar-refractivity contribution is 5.85. The SMILES string of the molecule is O=C(C[C@H](CCc1ccccc1)c1c[nH]c2ccccc12)NCCc1ccccn1. The van der Waals surface area contributed by atoms with Crippen molar-refractivity contribution < 1.29 is 4.79 Å². The summed E-state index contributed by atoms with van der Waals surface area (Å²) >= 11 is 0. The number of aromatic nitrogens is 2. The second kappa shape index (κ2) is 9.88. The predicted molar refractivity (Wildman–Crippen MR) is 121 cm³/mol. The van der Waals surface area contributed by atoms with Crippen molar-refractivity contribution in [3.63, 3.8) is 0 Å². The summed E-state index contributed by atoms with van der Waals surface area (Å²) in [7, 11) is 0. The number of pyridine rings is 1. The number of nitrogens with zero attached hydrogens (tertiary/aromatic N) is 1. The van der Waals surface area contributed by atoms with Gasteiger partial charge in [0.2, 0.25) is 5.91 Å². The first-order valence-corrected chi connectivity index (χ1v) is 10.6. The van der Waals surface area contributed by atoms with Crippen molar-refractivity contribution >= 4 is 16.8 Å². The number of hydrogen-bond donors (Lipinski definition) is 2. The molecule has 0 aliphatic rings. The number of aromatic amines is 1. The van der Waals surface area contributed by atoms with Crippen molar-refractivity contribution in [3.8, 4) is 0 Å². The van der Waals surface area contributed by atoms with Gasteiger partial charge in [-0.2, -0.15) is 0 Å². The number of aryl methyl sites for hydroxylation is 1. The van der Waals surface area contributed by atoms with Crippen molar-refractivity contribution in [2.45, 2.75) is 31.6 Å². The molecule has 0 aliphatic carbocycles. The van der Waals surface area contributed by atoms with Crippen LogP contribution in [0.15, 0.2) is 85.2 Å². The third kappa shape index (κ3) is 5.15. The second-order valence-electron chi connectivity index (χ2n) is 7.64. The van der Waals surface area contributed by atoms with E-state index in [4.69, 9.17) is 0 Å². The number of H-pyrrole nitrogens is 1. The summed E-state index contributed by atoms with van der Waals surface area (Å²) in [6, 6.07) is 24.7. The van der Waals surface area contributed by atoms with Crippen LogP contribution in [-0.4, -0.2) is 22.4 Å². The largest absolute Gasteiger partial charge is 0.361 e. The Balaban J connectivity index is 1.43. The number of nitrogens with one attached hydrogen (secondary N) is 2. The van der Waals surface area contributed by atoms with Gasteiger partial charge in [0.15, 0.2) is 0 Å². The molecule has 2 N–H and O–H groups in total. The quantitative estimate of drug-likeness (QED) is 0.416. The van der Waals surface area contributed by atoms with Crippen molar-refractivity contribution in [1.82, 2.24) is 15.3 Å². The maximum absolute atomic E-state index is 12.7. The fraction of sp³-hybridized carbons (Fsp3) is 0.231. The molecule has 0 fully saturated rings. The van der Waals surface area contributed by atoms with Crippen LogP contribution < -0.4 is 5.32 Å². The summed E-state index contributed by atoms with van der Waals surface area (Å²) in [4.78, 5) is 20.4. The highest BCUT2D eigenvalue weighted by Crippen LogP contribution is 2.31. The minimum absolute atomic E-state index is 0.0919. The van der Waals surface area contributed by atoms with E-state index in [1.807, 2.05) is 30.3 Å². The van der Waals surface area contributed by atoms with Crippen LogP contribution >= 0.6 is 0 Å². The lowest BCUT2D eigenvalue weighted by molar-refractivity contribution is -0.121. The zero-order valence-electron chi connectivity index (χ0n) is 17.1. The molecule has 152 valence electrons. The smallest absolute Gasteiger partial charge is 0.220 e. The molecular formula is C26H27N3O. The number of fused-ring (bicyclic) bond motifs is 1. The molecule has 1 amide bonds. The molecule has 30 heavy (non-hydrogen) atoms. The predicted octanol–water partition coefficient (Wildman–Crippen LogP) is 5.03. The van der Waals surface area contributed by atoms with E-state index in [2.05, 4.69) is 63.9 Å². The first-order chi connectivity index (χ1) is 14.8. The molecule has 0 unspecified atom stereocenters. The minimum Gasteiger partial charge on any atom is -0.361 e. The van der Waals surface area contributed by atoms with E-state index >= 15 is 0 Å². The number of amides is 1. The third-order valence-electron chi connectivity index (χ3n) is 5.55. The van der Waals surface area contributed by atoms with Crippen LogP contribution in [0.1, 0.15) is 35.6 Å². The van der Waals surface area contributed by atoms with Crippen molar-refractivity contribution in [3.05, 3.63) is 102 Å². The number of para-hydroxylation sites is 1. The topological polar surface area (TPSA) is 57.8 Å². The summed E-state index contributed by atoms with van der Waals surface area (Å²) in [5.74, 6) is 0.255. The Kier molecular flexibility index (Phi) is 6.55. The first-order valence-electron chi connectivity index (χ1n) is 10.6. The lowest BCUT2D eigenvalue weighted by atomic mass is 9.89. The van der Waals surface area contributed by atoms with Crippen LogP contribution in [0, 0.1) is 0 Å². The van der Waals surface area contributed by atoms with Gasteiger partial charge in [0.25, 0.3) is 0 Å². The molecule has 2 aromatic heterocycles. The lowest BCUT2D eigenvalue weighted by Gasteiger charge is -2.17. The van der Waals surface area contributed by atoms with Gasteiger partial charge in [-0.1, -0.05) is 54.6 Å². The minimum atomic E-state index is 0.0919. The Hall–Kier alpha value is -3.40. The Labute approximate surface area is 177 Å². The van der Waals surface area contributed by atoms with Crippen LogP contribution in [0.3, 0.4) is 0 Å². The Morgan fingerprint density at radius 1 is 0.933 bits per heavy atom. The zero-order chi connectivity index (χ0) is 20.6. The molecule has 4 aromatic rings. The molecule has 0 saturated carbocycles. The zero-order valence-corrected chi connectivity index (χ0v) is 17.1. The molecule has 0 spiro atoms. The van der Waals surface area contributed by atoms with E-state index in [9.17, 15) is 4.79 Å². The molecule has 2 heterocycles. The van der Waals surface area contributed by atoms with E-state index < -0.39 is 0 Å². The number of carbonyl (C=O) groups excluding carboxylic acids is 1. The number of hydrogen-bond acceptors (Lipinski definition) is 2. The van der Waals surface area contributed by atoms with Crippen LogP contribution in [-0.2, 0) is 17.6 Å². The standard InChI is InChI=1S/C26H27N3O/c30-26(28-17-15-22-10-6-7-16-27-22)18-21(14-13-20-8-2-1-3-9-20)24-19-29-25-12-5-4-11-23(24)25/h1-12,16,19,21,29H,13-15,17-18H2,(H,28,30)/t21-/m0/s1. The fourth-order valence-electron chi connectivity index (χ4n) is 3.96. The number of carbonyl (C=O) groups is 1. The van der Waals surface area contributed by atoms with Crippen LogP contribution in [0.25, 0.3) is 10.9 Å². The van der Waals surface area contributed by atoms with E-state index in [1.165, 1.54) is 16.5 Å². The van der Waals surface area contributed by atoms with E-state index in [1.54, 1.807) is 6.20 Å². The van der Waals surface area contributed by atoms with Gasteiger partial charge in [0.05, 0.1) is 0 Å². The monoisotopic (exact) mass is 397 g/mol. The van der Waals surface area contributed by atoms with Gasteiger partial charge >= 0.3 is 0 Å². The highest BCUT2D eigenvalue weighted by atomic mass is 16.1. The van der Waals surface area contributed by atoms with Gasteiger partial charge in [-0.3, -0.25) is 9.78 Å². The van der Waals surface area contributed by atoms with Gasteiger partial charge in [-0.15, -0.1) is 0 Å². The Morgan fingerprint density at radius 2 is 1.73 bits per heavy atom. The summed E-state index contributed by atoms with van der Waals surface area (Å²) in [5.41, 5.74) is 4.64. The molecule has 2 aromatic carbocycles. The Bertz CT molecular complexity index is 1070. The molecular weight excluding hydrogens is 370 g/mol. The average Bonchev–Trinajstić information content (AvgIpc) is 3.22. The summed E-state index contributed by atoms with van der Waals surface area (Å²) < 4.78 is 0. The molecule has 0 saturated heterocycles. The van der Waals surface area contributed by atoms with Gasteiger partial charge in [-0.25, -0.2) is 0 Å². The van der Waals surface area contributed by atoms with Gasteiger partial charge in [0, 0.05) is 48.4 Å². The van der Waals surface area contributed by atoms with Crippen LogP contribution in [0.2, 0.25) is 0 Å². The van der Waals surface area contributed by atoms with Gasteiger partial charge in [-0.05, 0) is 48.1 Å². The third-order valence-corrected chi connectivity index (χ3v) is 5.55. The van der Waals surface area contributed by atoms with Crippen molar-refractivity contribution in [2.24, 2.45) is 0 Å². The van der Waals surface area contributed by atoms with E-state index in [0.29, 0.717) is 13.0 Å². The van der Waals surface area contributed by atoms with Crippen LogP contribution in [0.5, 0.6) is 0 Å². The molecule has 4 heteroatoms. The second-order valence-corrected chi connectivity index (χ2v) is 7.64. The number of benzene rings is 2. The van der Waals surface area contributed by atoms with E-state index in [0.717, 1.165) is 30.5 Å². The average molecular weight is 398 g/mol. The summed E-state index contributed by atoms with van der Waals surface area (Å²) in [6.45, 7) is 0.606. The Morgan fingerprint density at radius 3 is 2.57 bits per heavy atom. The molecule has 0 aliphatic heterocycles. The summed E-state index contributed by atoms with van der Waals surface area (Å²) in [6.07, 6.45) is 6.96. The number of rotatable bonds is 9. The highest BCUT2D eigenvalue weighted by Gasteiger charge is 2.19. The molecule has 4 nitrogen and oxygen atoms in total. The maximum Gasteiger partial charge on any atom is 0.220 e. The first kappa shape index (κ1) is 19.9. The fourth-order valence-corrected chi connectivity index (χ4v) is 3.96. The molecule has 0 bridgehead atoms. The van der Waals surface area contributed by atoms with Crippen molar-refractivity contribution in [2.75, 3.05) is 6.54 Å². The maximum atomic E-state index is 12.7. The lowest BCUT2D eigenvalue weighted by Crippen LogP contribution is -2.27. The normalized spacial score (nSPS) is 12.0. The van der Waals surface area contributed by atoms with Gasteiger partial charge in [0.1, 0.15) is 0 Å². The van der Waals surface area contributed by atoms with Crippen LogP contribution in [0.4, 0.5) is 0 Å². The molecule has 0 radical (unpaired) electrons. The molecule has 4 rings (SSSR count). The van der Waals surface area contributed by atoms with Gasteiger partial charge < -0.3 is 10.3 Å². The molecule has 1 atom stereocenters. The van der Waals surface area contributed by atoms with E-state index in [-0.39, 0.29) is 11.8 Å².